The Bertz CT molecular complexity index is 704. The van der Waals surface area contributed by atoms with Gasteiger partial charge in [-0.2, -0.15) is 0 Å². The molecule has 5 nitrogen and oxygen atoms in total. The van der Waals surface area contributed by atoms with Crippen LogP contribution in [0.1, 0.15) is 50.5 Å². The van der Waals surface area contributed by atoms with Gasteiger partial charge in [0, 0.05) is 5.92 Å². The summed E-state index contributed by atoms with van der Waals surface area (Å²) in [6, 6.07) is 7.39. The lowest BCUT2D eigenvalue weighted by Gasteiger charge is -2.32. The Labute approximate surface area is 155 Å². The van der Waals surface area contributed by atoms with Gasteiger partial charge in [-0.3, -0.25) is 0 Å². The van der Waals surface area contributed by atoms with Gasteiger partial charge in [-0.05, 0) is 56.4 Å². The van der Waals surface area contributed by atoms with Crippen molar-refractivity contribution in [2.75, 3.05) is 20.3 Å². The van der Waals surface area contributed by atoms with E-state index in [1.165, 1.54) is 12.7 Å². The van der Waals surface area contributed by atoms with Crippen molar-refractivity contribution in [3.05, 3.63) is 41.0 Å². The van der Waals surface area contributed by atoms with Gasteiger partial charge in [0.05, 0.1) is 37.1 Å². The molecule has 0 amide bonds. The zero-order chi connectivity index (χ0) is 19.1. The highest BCUT2D eigenvalue weighted by Crippen LogP contribution is 2.42. The summed E-state index contributed by atoms with van der Waals surface area (Å²) < 4.78 is 23.1. The maximum atomic E-state index is 11.7. The van der Waals surface area contributed by atoms with Crippen molar-refractivity contribution >= 4 is 18.6 Å². The molecule has 0 saturated carbocycles. The molecule has 1 atom stereocenters. The third-order valence-corrected chi connectivity index (χ3v) is 5.67. The fraction of sp³-hybridized carbons (Fsp3) is 0.550. The molecule has 6 heteroatoms. The van der Waals surface area contributed by atoms with Crippen LogP contribution >= 0.6 is 0 Å². The zero-order valence-electron chi connectivity index (χ0n) is 16.4. The van der Waals surface area contributed by atoms with Crippen LogP contribution in [0.3, 0.4) is 0 Å². The maximum Gasteiger partial charge on any atom is 0.495 e. The summed E-state index contributed by atoms with van der Waals surface area (Å²) in [5.41, 5.74) is 2.85. The number of hydrogen-bond acceptors (Lipinski definition) is 5. The summed E-state index contributed by atoms with van der Waals surface area (Å²) in [6.07, 6.45) is 0. The van der Waals surface area contributed by atoms with E-state index in [2.05, 4.69) is 6.92 Å². The minimum Gasteiger partial charge on any atom is -0.465 e. The monoisotopic (exact) mass is 358 g/mol. The van der Waals surface area contributed by atoms with Crippen LogP contribution in [0.2, 0.25) is 0 Å². The van der Waals surface area contributed by atoms with E-state index in [-0.39, 0.29) is 5.97 Å². The van der Waals surface area contributed by atoms with E-state index in [0.717, 1.165) is 11.0 Å². The molecule has 2 aliphatic heterocycles. The van der Waals surface area contributed by atoms with Gasteiger partial charge in [-0.25, -0.2) is 4.79 Å². The fourth-order valence-electron chi connectivity index (χ4n) is 3.27. The maximum absolute atomic E-state index is 11.7. The van der Waals surface area contributed by atoms with Crippen molar-refractivity contribution in [3.63, 3.8) is 0 Å². The third kappa shape index (κ3) is 3.33. The minimum atomic E-state index is -0.469. The van der Waals surface area contributed by atoms with Crippen molar-refractivity contribution < 1.29 is 23.6 Å². The summed E-state index contributed by atoms with van der Waals surface area (Å²) >= 11 is 0. The Morgan fingerprint density at radius 2 is 1.62 bits per heavy atom. The van der Waals surface area contributed by atoms with Crippen LogP contribution in [-0.2, 0) is 18.8 Å². The van der Waals surface area contributed by atoms with E-state index in [1.54, 1.807) is 12.1 Å². The van der Waals surface area contributed by atoms with Gasteiger partial charge in [0.25, 0.3) is 0 Å². The third-order valence-electron chi connectivity index (χ3n) is 5.67. The number of carbonyl (C=O) groups excluding carboxylic acids is 1. The second-order valence-corrected chi connectivity index (χ2v) is 8.01. The van der Waals surface area contributed by atoms with E-state index in [1.807, 2.05) is 39.8 Å². The van der Waals surface area contributed by atoms with Gasteiger partial charge in [0.2, 0.25) is 0 Å². The quantitative estimate of drug-likeness (QED) is 0.611. The summed E-state index contributed by atoms with van der Waals surface area (Å²) in [5.74, 6) is -0.0525. The highest BCUT2D eigenvalue weighted by molar-refractivity contribution is 6.69. The normalized spacial score (nSPS) is 26.1. The molecular weight excluding hydrogens is 331 g/mol. The molecule has 2 fully saturated rings. The smallest absolute Gasteiger partial charge is 0.465 e. The number of benzene rings is 1. The first-order valence-electron chi connectivity index (χ1n) is 9.01. The lowest BCUT2D eigenvalue weighted by Crippen LogP contribution is -2.41. The van der Waals surface area contributed by atoms with Crippen LogP contribution in [0.4, 0.5) is 0 Å². The van der Waals surface area contributed by atoms with Gasteiger partial charge in [-0.1, -0.05) is 19.1 Å². The predicted octanol–water partition coefficient (Wildman–Crippen LogP) is 3.52. The first kappa shape index (κ1) is 19.1. The standard InChI is InChI=1S/C20H27BO5/c1-13-11-24-12-16(13)17(21-25-19(2,3)20(4,5)26-21)14-7-9-15(10-8-14)18(22)23-6/h7-10,13H,11-12H2,1-6H3/b17-16-/t13-/m0/s1. The molecule has 0 bridgehead atoms. The van der Waals surface area contributed by atoms with E-state index >= 15 is 0 Å². The molecule has 1 aromatic rings. The number of hydrogen-bond donors (Lipinski definition) is 0. The first-order chi connectivity index (χ1) is 12.2. The second kappa shape index (κ2) is 6.84. The van der Waals surface area contributed by atoms with E-state index in [0.29, 0.717) is 24.7 Å². The van der Waals surface area contributed by atoms with Gasteiger partial charge in [-0.15, -0.1) is 0 Å². The summed E-state index contributed by atoms with van der Waals surface area (Å²) in [4.78, 5) is 11.7. The molecule has 0 spiro atoms. The Balaban J connectivity index is 2.03. The van der Waals surface area contributed by atoms with Crippen molar-refractivity contribution in [2.45, 2.75) is 45.8 Å². The molecule has 3 rings (SSSR count). The van der Waals surface area contributed by atoms with Gasteiger partial charge in [0.1, 0.15) is 0 Å². The van der Waals surface area contributed by atoms with Crippen LogP contribution in [0.15, 0.2) is 29.8 Å². The lowest BCUT2D eigenvalue weighted by atomic mass is 9.69. The van der Waals surface area contributed by atoms with Crippen LogP contribution in [-0.4, -0.2) is 44.6 Å². The van der Waals surface area contributed by atoms with Crippen molar-refractivity contribution in [1.82, 2.24) is 0 Å². The SMILES string of the molecule is COC(=O)c1ccc(/C(B2OC(C)(C)C(C)(C)O2)=C2\COC[C@@H]2C)cc1. The fourth-order valence-corrected chi connectivity index (χ4v) is 3.27. The molecule has 0 aromatic heterocycles. The highest BCUT2D eigenvalue weighted by Gasteiger charge is 2.53. The molecule has 26 heavy (non-hydrogen) atoms. The largest absolute Gasteiger partial charge is 0.495 e. The molecule has 0 N–H and O–H groups in total. The van der Waals surface area contributed by atoms with E-state index in [4.69, 9.17) is 18.8 Å². The van der Waals surface area contributed by atoms with E-state index < -0.39 is 18.3 Å². The van der Waals surface area contributed by atoms with Crippen molar-refractivity contribution in [2.24, 2.45) is 5.92 Å². The molecule has 2 saturated heterocycles. The van der Waals surface area contributed by atoms with Crippen molar-refractivity contribution in [1.29, 1.82) is 0 Å². The molecule has 2 aliphatic rings. The predicted molar refractivity (Wildman–Crippen MR) is 101 cm³/mol. The summed E-state index contributed by atoms with van der Waals surface area (Å²) in [7, 11) is 0.911. The Morgan fingerprint density at radius 1 is 1.08 bits per heavy atom. The molecule has 0 aliphatic carbocycles. The van der Waals surface area contributed by atoms with Crippen LogP contribution < -0.4 is 0 Å². The average molecular weight is 358 g/mol. The van der Waals surface area contributed by atoms with Crippen molar-refractivity contribution in [3.8, 4) is 0 Å². The van der Waals surface area contributed by atoms with E-state index in [9.17, 15) is 4.79 Å². The Morgan fingerprint density at radius 3 is 2.08 bits per heavy atom. The number of carbonyl (C=O) groups is 1. The van der Waals surface area contributed by atoms with Gasteiger partial charge < -0.3 is 18.8 Å². The second-order valence-electron chi connectivity index (χ2n) is 8.01. The highest BCUT2D eigenvalue weighted by atomic mass is 16.7. The molecule has 1 aromatic carbocycles. The first-order valence-corrected chi connectivity index (χ1v) is 9.01. The Hall–Kier alpha value is -1.63. The van der Waals surface area contributed by atoms with Gasteiger partial charge in [0.15, 0.2) is 0 Å². The summed E-state index contributed by atoms with van der Waals surface area (Å²) in [6.45, 7) is 11.6. The minimum absolute atomic E-state index is 0.296. The molecule has 140 valence electrons. The van der Waals surface area contributed by atoms with Gasteiger partial charge >= 0.3 is 13.1 Å². The number of esters is 1. The molecule has 2 heterocycles. The number of methoxy groups -OCH3 is 1. The summed E-state index contributed by atoms with van der Waals surface area (Å²) in [5, 5.41) is 0. The van der Waals surface area contributed by atoms with Crippen LogP contribution in [0, 0.1) is 5.92 Å². The Kier molecular flexibility index (Phi) is 5.03. The molecule has 0 unspecified atom stereocenters. The number of ether oxygens (including phenoxy) is 2. The molecular formula is C20H27BO5. The number of rotatable bonds is 3. The zero-order valence-corrected chi connectivity index (χ0v) is 16.4. The lowest BCUT2D eigenvalue weighted by molar-refractivity contribution is 0.00578. The van der Waals surface area contributed by atoms with Crippen LogP contribution in [0.25, 0.3) is 5.47 Å². The average Bonchev–Trinajstić information content (AvgIpc) is 3.08. The van der Waals surface area contributed by atoms with Crippen LogP contribution in [0.5, 0.6) is 0 Å². The molecule has 0 radical (unpaired) electrons. The topological polar surface area (TPSA) is 54.0 Å².